The first-order valence-corrected chi connectivity index (χ1v) is 14.5. The van der Waals surface area contributed by atoms with Crippen LogP contribution in [0.3, 0.4) is 0 Å². The second-order valence-electron chi connectivity index (χ2n) is 11.2. The van der Waals surface area contributed by atoms with Gasteiger partial charge in [0.05, 0.1) is 0 Å². The standard InChI is InChI=1S/C32H52/c1-3-5-7-8-10-28-13-17-30(18-14-28)20-22-32-25-23-31(24-26-32)21-19-29-15-11-27(12-16-29)9-6-4-2/h11-12,15-16,23,28,30,32H,3-10,13-14,17-22,24-26H2,1-2H3. The van der Waals surface area contributed by atoms with Gasteiger partial charge in [-0.05, 0) is 80.2 Å². The van der Waals surface area contributed by atoms with E-state index in [0.29, 0.717) is 0 Å². The lowest BCUT2D eigenvalue weighted by Gasteiger charge is -2.30. The molecule has 32 heavy (non-hydrogen) atoms. The summed E-state index contributed by atoms with van der Waals surface area (Å²) in [7, 11) is 0. The molecule has 0 nitrogen and oxygen atoms in total. The summed E-state index contributed by atoms with van der Waals surface area (Å²) in [5.41, 5.74) is 4.77. The van der Waals surface area contributed by atoms with Crippen molar-refractivity contribution in [3.63, 3.8) is 0 Å². The van der Waals surface area contributed by atoms with Gasteiger partial charge in [-0.2, -0.15) is 0 Å². The molecule has 1 unspecified atom stereocenters. The Morgan fingerprint density at radius 1 is 0.594 bits per heavy atom. The van der Waals surface area contributed by atoms with E-state index in [1.54, 1.807) is 5.57 Å². The molecule has 2 aliphatic carbocycles. The van der Waals surface area contributed by atoms with Gasteiger partial charge in [-0.25, -0.2) is 0 Å². The molecule has 1 atom stereocenters. The second-order valence-corrected chi connectivity index (χ2v) is 11.2. The van der Waals surface area contributed by atoms with Gasteiger partial charge < -0.3 is 0 Å². The molecule has 1 aromatic carbocycles. The zero-order chi connectivity index (χ0) is 22.4. The van der Waals surface area contributed by atoms with Gasteiger partial charge in [-0.3, -0.25) is 0 Å². The molecule has 0 heteroatoms. The fourth-order valence-electron chi connectivity index (χ4n) is 6.13. The average Bonchev–Trinajstić information content (AvgIpc) is 2.85. The van der Waals surface area contributed by atoms with Crippen molar-refractivity contribution in [2.24, 2.45) is 17.8 Å². The summed E-state index contributed by atoms with van der Waals surface area (Å²) in [5, 5.41) is 0. The lowest BCUT2D eigenvalue weighted by atomic mass is 9.76. The minimum atomic E-state index is 0.975. The molecule has 0 radical (unpaired) electrons. The van der Waals surface area contributed by atoms with Crippen molar-refractivity contribution in [2.75, 3.05) is 0 Å². The molecule has 0 aliphatic heterocycles. The summed E-state index contributed by atoms with van der Waals surface area (Å²) in [6.07, 6.45) is 29.6. The SMILES string of the molecule is CCCCCCC1CCC(CCC2CC=C(CCc3ccc(CCCC)cc3)CC2)CC1. The summed E-state index contributed by atoms with van der Waals surface area (Å²) in [6.45, 7) is 4.60. The fourth-order valence-corrected chi connectivity index (χ4v) is 6.13. The maximum atomic E-state index is 2.62. The number of unbranched alkanes of at least 4 members (excludes halogenated alkanes) is 4. The molecule has 180 valence electrons. The minimum Gasteiger partial charge on any atom is -0.0850 e. The van der Waals surface area contributed by atoms with Crippen LogP contribution in [0, 0.1) is 17.8 Å². The van der Waals surface area contributed by atoms with Crippen LogP contribution in [-0.4, -0.2) is 0 Å². The van der Waals surface area contributed by atoms with Crippen molar-refractivity contribution in [2.45, 2.75) is 136 Å². The number of aryl methyl sites for hydroxylation is 2. The third-order valence-corrected chi connectivity index (χ3v) is 8.61. The van der Waals surface area contributed by atoms with E-state index in [2.05, 4.69) is 44.2 Å². The number of benzene rings is 1. The highest BCUT2D eigenvalue weighted by atomic mass is 14.3. The Bertz CT molecular complexity index is 629. The van der Waals surface area contributed by atoms with Crippen LogP contribution in [0.25, 0.3) is 0 Å². The Morgan fingerprint density at radius 2 is 1.22 bits per heavy atom. The maximum Gasteiger partial charge on any atom is -0.0241 e. The Balaban J connectivity index is 1.26. The average molecular weight is 437 g/mol. The fraction of sp³-hybridized carbons (Fsp3) is 0.750. The van der Waals surface area contributed by atoms with Crippen molar-refractivity contribution >= 4 is 0 Å². The zero-order valence-electron chi connectivity index (χ0n) is 21.6. The van der Waals surface area contributed by atoms with E-state index in [1.165, 1.54) is 133 Å². The van der Waals surface area contributed by atoms with Crippen molar-refractivity contribution in [1.82, 2.24) is 0 Å². The van der Waals surface area contributed by atoms with E-state index >= 15 is 0 Å². The molecule has 0 bridgehead atoms. The van der Waals surface area contributed by atoms with E-state index in [9.17, 15) is 0 Å². The first kappa shape index (κ1) is 25.6. The molecule has 1 fully saturated rings. The van der Waals surface area contributed by atoms with Gasteiger partial charge in [0.25, 0.3) is 0 Å². The van der Waals surface area contributed by atoms with Gasteiger partial charge in [-0.15, -0.1) is 0 Å². The zero-order valence-corrected chi connectivity index (χ0v) is 21.6. The molecule has 1 aromatic rings. The highest BCUT2D eigenvalue weighted by Crippen LogP contribution is 2.37. The number of hydrogen-bond donors (Lipinski definition) is 0. The van der Waals surface area contributed by atoms with Gasteiger partial charge in [0.1, 0.15) is 0 Å². The summed E-state index contributed by atoms with van der Waals surface area (Å²) in [5.74, 6) is 3.09. The lowest BCUT2D eigenvalue weighted by molar-refractivity contribution is 0.234. The van der Waals surface area contributed by atoms with Crippen molar-refractivity contribution in [1.29, 1.82) is 0 Å². The van der Waals surface area contributed by atoms with Crippen molar-refractivity contribution < 1.29 is 0 Å². The predicted molar refractivity (Wildman–Crippen MR) is 142 cm³/mol. The van der Waals surface area contributed by atoms with Gasteiger partial charge in [0.15, 0.2) is 0 Å². The van der Waals surface area contributed by atoms with Crippen LogP contribution in [0.1, 0.15) is 134 Å². The van der Waals surface area contributed by atoms with Crippen LogP contribution >= 0.6 is 0 Å². The van der Waals surface area contributed by atoms with E-state index in [0.717, 1.165) is 17.8 Å². The predicted octanol–water partition coefficient (Wildman–Crippen LogP) is 10.2. The van der Waals surface area contributed by atoms with Crippen LogP contribution in [0.4, 0.5) is 0 Å². The van der Waals surface area contributed by atoms with E-state index in [-0.39, 0.29) is 0 Å². The summed E-state index contributed by atoms with van der Waals surface area (Å²) in [4.78, 5) is 0. The van der Waals surface area contributed by atoms with Crippen molar-refractivity contribution in [3.8, 4) is 0 Å². The number of rotatable bonds is 14. The third-order valence-electron chi connectivity index (χ3n) is 8.61. The Hall–Kier alpha value is -1.04. The molecule has 3 rings (SSSR count). The number of allylic oxidation sites excluding steroid dienone is 2. The van der Waals surface area contributed by atoms with Crippen molar-refractivity contribution in [3.05, 3.63) is 47.0 Å². The molecule has 2 aliphatic rings. The molecule has 0 aromatic heterocycles. The van der Waals surface area contributed by atoms with Crippen LogP contribution in [0.15, 0.2) is 35.9 Å². The molecule has 1 saturated carbocycles. The topological polar surface area (TPSA) is 0 Å². The monoisotopic (exact) mass is 436 g/mol. The second kappa shape index (κ2) is 15.0. The summed E-state index contributed by atoms with van der Waals surface area (Å²) in [6, 6.07) is 9.46. The Kier molecular flexibility index (Phi) is 12.0. The van der Waals surface area contributed by atoms with E-state index < -0.39 is 0 Å². The molecule has 0 spiro atoms. The quantitative estimate of drug-likeness (QED) is 0.201. The van der Waals surface area contributed by atoms with Crippen LogP contribution in [-0.2, 0) is 12.8 Å². The van der Waals surface area contributed by atoms with Gasteiger partial charge in [0, 0.05) is 0 Å². The molecule has 0 amide bonds. The highest BCUT2D eigenvalue weighted by Gasteiger charge is 2.22. The summed E-state index contributed by atoms with van der Waals surface area (Å²) < 4.78 is 0. The van der Waals surface area contributed by atoms with Gasteiger partial charge >= 0.3 is 0 Å². The van der Waals surface area contributed by atoms with Crippen LogP contribution in [0.5, 0.6) is 0 Å². The third kappa shape index (κ3) is 9.44. The first-order chi connectivity index (χ1) is 15.8. The van der Waals surface area contributed by atoms with E-state index in [4.69, 9.17) is 0 Å². The largest absolute Gasteiger partial charge is 0.0850 e. The Morgan fingerprint density at radius 3 is 1.84 bits per heavy atom. The molecule has 0 saturated heterocycles. The number of hydrogen-bond acceptors (Lipinski definition) is 0. The Labute approximate surface area is 200 Å². The minimum absolute atomic E-state index is 0.975. The molecular formula is C32H52. The van der Waals surface area contributed by atoms with Gasteiger partial charge in [0.2, 0.25) is 0 Å². The molecule has 0 N–H and O–H groups in total. The molecular weight excluding hydrogens is 384 g/mol. The maximum absolute atomic E-state index is 2.62. The highest BCUT2D eigenvalue weighted by molar-refractivity contribution is 5.23. The van der Waals surface area contributed by atoms with E-state index in [1.807, 2.05) is 0 Å². The molecule has 0 heterocycles. The summed E-state index contributed by atoms with van der Waals surface area (Å²) >= 11 is 0. The van der Waals surface area contributed by atoms with Crippen LogP contribution in [0.2, 0.25) is 0 Å². The lowest BCUT2D eigenvalue weighted by Crippen LogP contribution is -2.16. The smallest absolute Gasteiger partial charge is 0.0241 e. The van der Waals surface area contributed by atoms with Crippen LogP contribution < -0.4 is 0 Å². The first-order valence-electron chi connectivity index (χ1n) is 14.5. The van der Waals surface area contributed by atoms with Gasteiger partial charge in [-0.1, -0.05) is 120 Å². The normalized spacial score (nSPS) is 23.8.